The van der Waals surface area contributed by atoms with Gasteiger partial charge in [0.05, 0.1) is 23.9 Å². The summed E-state index contributed by atoms with van der Waals surface area (Å²) in [5.74, 6) is -4.83. The highest BCUT2D eigenvalue weighted by Crippen LogP contribution is 2.43. The van der Waals surface area contributed by atoms with Crippen LogP contribution in [0.3, 0.4) is 0 Å². The minimum atomic E-state index is -1.37. The normalized spacial score (nSPS) is 39.6. The molecule has 3 aliphatic rings. The molecule has 1 N–H and O–H groups in total. The van der Waals surface area contributed by atoms with Crippen LogP contribution in [0.15, 0.2) is 30.3 Å². The van der Waals surface area contributed by atoms with E-state index in [1.807, 2.05) is 70.1 Å². The number of hydrogen-bond acceptors (Lipinski definition) is 11. The quantitative estimate of drug-likeness (QED) is 0.276. The van der Waals surface area contributed by atoms with Gasteiger partial charge in [0.15, 0.2) is 17.7 Å². The first-order valence-corrected chi connectivity index (χ1v) is 18.9. The second-order valence-electron chi connectivity index (χ2n) is 16.0. The highest BCUT2D eigenvalue weighted by molar-refractivity contribution is 6.00. The maximum absolute atomic E-state index is 14.6. The summed E-state index contributed by atoms with van der Waals surface area (Å²) < 4.78 is 31.1. The molecule has 3 heterocycles. The molecule has 1 aromatic rings. The fraction of sp³-hybridized carbons (Fsp3) is 0.750. The van der Waals surface area contributed by atoms with E-state index < -0.39 is 83.4 Å². The molecule has 1 amide bonds. The topological polar surface area (TPSA) is 141 Å². The van der Waals surface area contributed by atoms with Gasteiger partial charge in [0.1, 0.15) is 23.9 Å². The van der Waals surface area contributed by atoms with Gasteiger partial charge in [-0.15, -0.1) is 0 Å². The number of esters is 1. The number of carbonyl (C=O) groups is 4. The number of hydrogen-bond donors (Lipinski definition) is 1. The molecular formula is C40H62N2O10. The zero-order chi connectivity index (χ0) is 38.7. The number of ketones is 2. The Balaban J connectivity index is 1.74. The van der Waals surface area contributed by atoms with E-state index in [2.05, 4.69) is 0 Å². The molecule has 0 aromatic heterocycles. The van der Waals surface area contributed by atoms with Crippen molar-refractivity contribution in [3.63, 3.8) is 0 Å². The Hall–Kier alpha value is -2.90. The fourth-order valence-corrected chi connectivity index (χ4v) is 8.81. The largest absolute Gasteiger partial charge is 0.458 e. The van der Waals surface area contributed by atoms with Crippen LogP contribution in [0.4, 0.5) is 4.79 Å². The van der Waals surface area contributed by atoms with Crippen molar-refractivity contribution in [3.8, 4) is 0 Å². The fourth-order valence-electron chi connectivity index (χ4n) is 8.81. The van der Waals surface area contributed by atoms with Gasteiger partial charge in [0.25, 0.3) is 0 Å². The summed E-state index contributed by atoms with van der Waals surface area (Å²) >= 11 is 0. The van der Waals surface area contributed by atoms with Gasteiger partial charge in [-0.2, -0.15) is 0 Å². The maximum Gasteiger partial charge on any atom is 0.410 e. The Morgan fingerprint density at radius 3 is 2.23 bits per heavy atom. The third kappa shape index (κ3) is 8.57. The number of fused-ring (bicyclic) bond motifs is 1. The van der Waals surface area contributed by atoms with Crippen molar-refractivity contribution in [2.45, 2.75) is 141 Å². The molecule has 292 valence electrons. The molecule has 1 aromatic carbocycles. The minimum absolute atomic E-state index is 0.134. The number of aryl methyl sites for hydroxylation is 1. The predicted octanol–water partition coefficient (Wildman–Crippen LogP) is 4.82. The second kappa shape index (κ2) is 17.1. The van der Waals surface area contributed by atoms with Gasteiger partial charge in [-0.05, 0) is 79.5 Å². The number of methoxy groups -OCH3 is 1. The number of rotatable bonds is 9. The number of carbonyl (C=O) groups excluding carboxylic acids is 4. The first-order chi connectivity index (χ1) is 24.4. The molecule has 13 atom stereocenters. The van der Waals surface area contributed by atoms with E-state index in [9.17, 15) is 24.3 Å². The van der Waals surface area contributed by atoms with E-state index in [0.29, 0.717) is 19.4 Å². The lowest BCUT2D eigenvalue weighted by atomic mass is 9.73. The number of nitrogens with zero attached hydrogens (tertiary/aromatic N) is 2. The smallest absolute Gasteiger partial charge is 0.410 e. The van der Waals surface area contributed by atoms with E-state index >= 15 is 0 Å². The van der Waals surface area contributed by atoms with Crippen LogP contribution < -0.4 is 0 Å². The molecule has 52 heavy (non-hydrogen) atoms. The number of amides is 1. The lowest BCUT2D eigenvalue weighted by Gasteiger charge is -2.47. The molecule has 0 radical (unpaired) electrons. The summed E-state index contributed by atoms with van der Waals surface area (Å²) in [6.45, 7) is 14.3. The number of aliphatic hydroxyl groups is 1. The zero-order valence-corrected chi connectivity index (χ0v) is 33.0. The van der Waals surface area contributed by atoms with Crippen molar-refractivity contribution in [2.24, 2.45) is 23.7 Å². The molecule has 0 saturated carbocycles. The van der Waals surface area contributed by atoms with E-state index in [-0.39, 0.29) is 30.8 Å². The van der Waals surface area contributed by atoms with Crippen LogP contribution in [0.5, 0.6) is 0 Å². The molecule has 12 heteroatoms. The van der Waals surface area contributed by atoms with Gasteiger partial charge in [0.2, 0.25) is 0 Å². The van der Waals surface area contributed by atoms with Gasteiger partial charge in [-0.25, -0.2) is 4.79 Å². The molecule has 0 aliphatic carbocycles. The lowest BCUT2D eigenvalue weighted by Crippen LogP contribution is -2.60. The van der Waals surface area contributed by atoms with Crippen molar-refractivity contribution in [3.05, 3.63) is 35.9 Å². The summed E-state index contributed by atoms with van der Waals surface area (Å²) in [5, 5.41) is 11.4. The summed E-state index contributed by atoms with van der Waals surface area (Å²) in [7, 11) is 5.25. The average molecular weight is 731 g/mol. The van der Waals surface area contributed by atoms with Gasteiger partial charge in [-0.1, -0.05) is 58.0 Å². The Labute approximate surface area is 309 Å². The molecule has 0 bridgehead atoms. The van der Waals surface area contributed by atoms with Crippen LogP contribution in [-0.2, 0) is 44.5 Å². The second-order valence-corrected chi connectivity index (χ2v) is 16.0. The van der Waals surface area contributed by atoms with Gasteiger partial charge in [0, 0.05) is 37.5 Å². The van der Waals surface area contributed by atoms with E-state index in [1.54, 1.807) is 32.6 Å². The van der Waals surface area contributed by atoms with Gasteiger partial charge >= 0.3 is 12.1 Å². The zero-order valence-electron chi connectivity index (χ0n) is 33.0. The summed E-state index contributed by atoms with van der Waals surface area (Å²) in [4.78, 5) is 59.9. The Morgan fingerprint density at radius 2 is 1.63 bits per heavy atom. The number of cyclic esters (lactones) is 1. The number of aliphatic hydroxyl groups excluding tert-OH is 1. The standard InChI is InChI=1S/C40H62N2O10/c1-12-30-40(8)34(42(38(47)52-40)20-16-19-28-17-14-13-15-18-28)25(4)31(43)23(2)22-39(7,48-11)35(26(5)32(44)27(6)36(46)50-30)51-37-33(45)29(41(9)10)21-24(3)49-37/h13-15,17-18,23-27,29-30,33-35,37,45H,12,16,19-22H2,1-11H3/t23-,24-,25+,26+,27-,29+,30-,33-,34-,35-,37+,39-,40-/m1/s1. The highest BCUT2D eigenvalue weighted by atomic mass is 16.7. The SMILES string of the molecule is CC[C@H]1OC(=O)[C@H](C)C(=O)[C@H](C)[C@@H](O[C@@H]2O[C@H](C)C[C@H](N(C)C)[C@H]2O)[C@](C)(OC)C[C@@H](C)C(=O)[C@H](C)[C@H]2N(CCCc3ccccc3)C(=O)O[C@]12C. The molecule has 0 spiro atoms. The lowest BCUT2D eigenvalue weighted by molar-refractivity contribution is -0.295. The van der Waals surface area contributed by atoms with Crippen LogP contribution in [-0.4, -0.2) is 120 Å². The van der Waals surface area contributed by atoms with Crippen molar-refractivity contribution in [1.82, 2.24) is 9.80 Å². The molecule has 3 aliphatic heterocycles. The van der Waals surface area contributed by atoms with Crippen molar-refractivity contribution >= 4 is 23.6 Å². The Bertz CT molecular complexity index is 1410. The number of Topliss-reactive ketones (excluding diaryl/α,β-unsaturated/α-hetero) is 2. The Morgan fingerprint density at radius 1 is 0.981 bits per heavy atom. The summed E-state index contributed by atoms with van der Waals surface area (Å²) in [5.41, 5.74) is -1.49. The van der Waals surface area contributed by atoms with Crippen LogP contribution in [0.25, 0.3) is 0 Å². The van der Waals surface area contributed by atoms with Gasteiger partial charge in [-0.3, -0.25) is 14.4 Å². The number of likely N-dealkylation sites (N-methyl/N-ethyl adjacent to an activating group) is 1. The third-order valence-electron chi connectivity index (χ3n) is 11.9. The van der Waals surface area contributed by atoms with E-state index in [1.165, 1.54) is 14.0 Å². The number of benzene rings is 1. The van der Waals surface area contributed by atoms with Crippen LogP contribution in [0.1, 0.15) is 86.6 Å². The monoisotopic (exact) mass is 730 g/mol. The molecule has 4 rings (SSSR count). The van der Waals surface area contributed by atoms with E-state index in [4.69, 9.17) is 23.7 Å². The first-order valence-electron chi connectivity index (χ1n) is 18.9. The molecule has 3 saturated heterocycles. The van der Waals surface area contributed by atoms with Crippen LogP contribution in [0, 0.1) is 23.7 Å². The number of ether oxygens (including phenoxy) is 5. The average Bonchev–Trinajstić information content (AvgIpc) is 3.37. The summed E-state index contributed by atoms with van der Waals surface area (Å²) in [6.07, 6.45) is -2.57. The van der Waals surface area contributed by atoms with Crippen molar-refractivity contribution < 1.29 is 48.0 Å². The maximum atomic E-state index is 14.6. The molecule has 0 unspecified atom stereocenters. The van der Waals surface area contributed by atoms with Crippen LogP contribution >= 0.6 is 0 Å². The van der Waals surface area contributed by atoms with Crippen molar-refractivity contribution in [1.29, 1.82) is 0 Å². The minimum Gasteiger partial charge on any atom is -0.458 e. The third-order valence-corrected chi connectivity index (χ3v) is 11.9. The Kier molecular flexibility index (Phi) is 13.7. The first kappa shape index (κ1) is 41.9. The van der Waals surface area contributed by atoms with E-state index in [0.717, 1.165) is 12.0 Å². The molecule has 3 fully saturated rings. The molecule has 12 nitrogen and oxygen atoms in total. The predicted molar refractivity (Wildman–Crippen MR) is 194 cm³/mol. The summed E-state index contributed by atoms with van der Waals surface area (Å²) in [6, 6.07) is 8.93. The molecular weight excluding hydrogens is 668 g/mol. The highest BCUT2D eigenvalue weighted by Gasteiger charge is 2.60. The van der Waals surface area contributed by atoms with Crippen LogP contribution in [0.2, 0.25) is 0 Å². The van der Waals surface area contributed by atoms with Gasteiger partial charge < -0.3 is 38.6 Å². The van der Waals surface area contributed by atoms with Crippen molar-refractivity contribution in [2.75, 3.05) is 27.7 Å².